The Bertz CT molecular complexity index is 411. The van der Waals surface area contributed by atoms with Crippen molar-refractivity contribution in [1.82, 2.24) is 10.5 Å². The lowest BCUT2D eigenvalue weighted by atomic mass is 9.76. The van der Waals surface area contributed by atoms with E-state index in [-0.39, 0.29) is 0 Å². The van der Waals surface area contributed by atoms with Crippen molar-refractivity contribution >= 4 is 0 Å². The van der Waals surface area contributed by atoms with Crippen LogP contribution < -0.4 is 5.32 Å². The molecule has 1 fully saturated rings. The minimum absolute atomic E-state index is 0.455. The van der Waals surface area contributed by atoms with Crippen LogP contribution in [0.1, 0.15) is 69.9 Å². The lowest BCUT2D eigenvalue weighted by Crippen LogP contribution is -2.28. The molecule has 1 heterocycles. The smallest absolute Gasteiger partial charge is 0.138 e. The molecule has 1 N–H and O–H groups in total. The Morgan fingerprint density at radius 3 is 2.50 bits per heavy atom. The number of hydrogen-bond acceptors (Lipinski definition) is 3. The molecule has 1 saturated carbocycles. The van der Waals surface area contributed by atoms with Crippen LogP contribution in [0.3, 0.4) is 0 Å². The Hall–Kier alpha value is -0.830. The van der Waals surface area contributed by atoms with Gasteiger partial charge in [-0.3, -0.25) is 0 Å². The third-order valence-electron chi connectivity index (χ3n) is 4.94. The standard InChI is InChI=1S/C17H30N2O/c1-12-16(13(2)20-19-12)11-18-15-8-6-7-14(9-10-15)17(3,4)5/h14-15,18H,6-11H2,1-5H3. The molecule has 0 amide bonds. The Labute approximate surface area is 123 Å². The molecule has 0 bridgehead atoms. The molecule has 3 heteroatoms. The first kappa shape index (κ1) is 15.6. The van der Waals surface area contributed by atoms with E-state index in [1.54, 1.807) is 0 Å². The molecular weight excluding hydrogens is 248 g/mol. The fourth-order valence-electron chi connectivity index (χ4n) is 3.37. The fourth-order valence-corrected chi connectivity index (χ4v) is 3.37. The molecule has 0 aromatic carbocycles. The summed E-state index contributed by atoms with van der Waals surface area (Å²) in [5, 5.41) is 7.75. The molecule has 0 spiro atoms. The minimum Gasteiger partial charge on any atom is -0.361 e. The molecular formula is C17H30N2O. The summed E-state index contributed by atoms with van der Waals surface area (Å²) in [6.07, 6.45) is 6.68. The van der Waals surface area contributed by atoms with Crippen LogP contribution in [0.25, 0.3) is 0 Å². The average Bonchev–Trinajstić information content (AvgIpc) is 2.58. The fraction of sp³-hybridized carbons (Fsp3) is 0.824. The summed E-state index contributed by atoms with van der Waals surface area (Å²) < 4.78 is 5.23. The van der Waals surface area contributed by atoms with Crippen molar-refractivity contribution in [2.24, 2.45) is 11.3 Å². The zero-order chi connectivity index (χ0) is 14.8. The highest BCUT2D eigenvalue weighted by molar-refractivity contribution is 5.20. The monoisotopic (exact) mass is 278 g/mol. The second-order valence-electron chi connectivity index (χ2n) is 7.45. The Balaban J connectivity index is 1.86. The first-order valence-corrected chi connectivity index (χ1v) is 8.03. The van der Waals surface area contributed by atoms with Crippen LogP contribution in [-0.2, 0) is 6.54 Å². The summed E-state index contributed by atoms with van der Waals surface area (Å²) in [5.41, 5.74) is 2.72. The maximum Gasteiger partial charge on any atom is 0.138 e. The molecule has 1 aromatic heterocycles. The highest BCUT2D eigenvalue weighted by Crippen LogP contribution is 2.36. The largest absolute Gasteiger partial charge is 0.361 e. The second-order valence-corrected chi connectivity index (χ2v) is 7.45. The van der Waals surface area contributed by atoms with Crippen LogP contribution >= 0.6 is 0 Å². The normalized spacial score (nSPS) is 24.6. The van der Waals surface area contributed by atoms with Crippen molar-refractivity contribution in [3.8, 4) is 0 Å². The molecule has 0 radical (unpaired) electrons. The first-order valence-electron chi connectivity index (χ1n) is 8.03. The van der Waals surface area contributed by atoms with E-state index >= 15 is 0 Å². The van der Waals surface area contributed by atoms with Gasteiger partial charge >= 0.3 is 0 Å². The van der Waals surface area contributed by atoms with Crippen LogP contribution in [0.5, 0.6) is 0 Å². The summed E-state index contributed by atoms with van der Waals surface area (Å²) in [6, 6.07) is 0.649. The van der Waals surface area contributed by atoms with E-state index in [0.29, 0.717) is 11.5 Å². The van der Waals surface area contributed by atoms with Crippen LogP contribution in [0, 0.1) is 25.2 Å². The highest BCUT2D eigenvalue weighted by Gasteiger charge is 2.27. The zero-order valence-electron chi connectivity index (χ0n) is 13.8. The van der Waals surface area contributed by atoms with Gasteiger partial charge in [0.2, 0.25) is 0 Å². The minimum atomic E-state index is 0.455. The van der Waals surface area contributed by atoms with E-state index < -0.39 is 0 Å². The van der Waals surface area contributed by atoms with Crippen molar-refractivity contribution < 1.29 is 4.52 Å². The number of rotatable bonds is 3. The van der Waals surface area contributed by atoms with Crippen molar-refractivity contribution in [2.75, 3.05) is 0 Å². The van der Waals surface area contributed by atoms with E-state index in [1.165, 1.54) is 37.7 Å². The SMILES string of the molecule is Cc1noc(C)c1CNC1CCCC(C(C)(C)C)CC1. The van der Waals surface area contributed by atoms with Gasteiger partial charge in [0, 0.05) is 18.2 Å². The summed E-state index contributed by atoms with van der Waals surface area (Å²) in [7, 11) is 0. The maximum absolute atomic E-state index is 5.23. The Morgan fingerprint density at radius 1 is 1.15 bits per heavy atom. The Morgan fingerprint density at radius 2 is 1.90 bits per heavy atom. The number of hydrogen-bond donors (Lipinski definition) is 1. The van der Waals surface area contributed by atoms with Gasteiger partial charge in [0.05, 0.1) is 5.69 Å². The lowest BCUT2D eigenvalue weighted by Gasteiger charge is -2.29. The van der Waals surface area contributed by atoms with Crippen molar-refractivity contribution in [1.29, 1.82) is 0 Å². The summed E-state index contributed by atoms with van der Waals surface area (Å²) >= 11 is 0. The molecule has 3 nitrogen and oxygen atoms in total. The first-order chi connectivity index (χ1) is 9.38. The predicted molar refractivity (Wildman–Crippen MR) is 82.6 cm³/mol. The van der Waals surface area contributed by atoms with Crippen LogP contribution in [0.4, 0.5) is 0 Å². The molecule has 0 saturated heterocycles. The zero-order valence-corrected chi connectivity index (χ0v) is 13.8. The molecule has 1 aliphatic carbocycles. The second kappa shape index (κ2) is 6.30. The maximum atomic E-state index is 5.23. The van der Waals surface area contributed by atoms with Gasteiger partial charge in [-0.2, -0.15) is 0 Å². The molecule has 20 heavy (non-hydrogen) atoms. The van der Waals surface area contributed by atoms with Crippen molar-refractivity contribution in [2.45, 2.75) is 79.3 Å². The molecule has 2 unspecified atom stereocenters. The summed E-state index contributed by atoms with van der Waals surface area (Å²) in [6.45, 7) is 12.1. The summed E-state index contributed by atoms with van der Waals surface area (Å²) in [4.78, 5) is 0. The third kappa shape index (κ3) is 3.85. The lowest BCUT2D eigenvalue weighted by molar-refractivity contribution is 0.213. The molecule has 1 aliphatic rings. The van der Waals surface area contributed by atoms with E-state index in [9.17, 15) is 0 Å². The molecule has 114 valence electrons. The van der Waals surface area contributed by atoms with Gasteiger partial charge < -0.3 is 9.84 Å². The predicted octanol–water partition coefficient (Wildman–Crippen LogP) is 4.38. The summed E-state index contributed by atoms with van der Waals surface area (Å²) in [5.74, 6) is 1.82. The van der Waals surface area contributed by atoms with Gasteiger partial charge in [0.25, 0.3) is 0 Å². The van der Waals surface area contributed by atoms with Gasteiger partial charge in [-0.05, 0) is 50.9 Å². The van der Waals surface area contributed by atoms with Crippen LogP contribution in [-0.4, -0.2) is 11.2 Å². The Kier molecular flexibility index (Phi) is 4.90. The highest BCUT2D eigenvalue weighted by atomic mass is 16.5. The van der Waals surface area contributed by atoms with E-state index in [4.69, 9.17) is 4.52 Å². The molecule has 2 rings (SSSR count). The third-order valence-corrected chi connectivity index (χ3v) is 4.94. The van der Waals surface area contributed by atoms with Crippen molar-refractivity contribution in [3.63, 3.8) is 0 Å². The van der Waals surface area contributed by atoms with Gasteiger partial charge in [-0.15, -0.1) is 0 Å². The van der Waals surface area contributed by atoms with E-state index in [0.717, 1.165) is 23.9 Å². The number of aryl methyl sites for hydroxylation is 2. The number of aromatic nitrogens is 1. The average molecular weight is 278 g/mol. The van der Waals surface area contributed by atoms with Crippen LogP contribution in [0.2, 0.25) is 0 Å². The molecule has 0 aliphatic heterocycles. The van der Waals surface area contributed by atoms with Gasteiger partial charge in [0.15, 0.2) is 0 Å². The van der Waals surface area contributed by atoms with E-state index in [2.05, 4.69) is 31.2 Å². The van der Waals surface area contributed by atoms with Crippen LogP contribution in [0.15, 0.2) is 4.52 Å². The van der Waals surface area contributed by atoms with Crippen molar-refractivity contribution in [3.05, 3.63) is 17.0 Å². The van der Waals surface area contributed by atoms with Gasteiger partial charge in [0.1, 0.15) is 5.76 Å². The topological polar surface area (TPSA) is 38.1 Å². The van der Waals surface area contributed by atoms with Gasteiger partial charge in [-0.25, -0.2) is 0 Å². The quantitative estimate of drug-likeness (QED) is 0.834. The number of nitrogens with zero attached hydrogens (tertiary/aromatic N) is 1. The van der Waals surface area contributed by atoms with E-state index in [1.807, 2.05) is 13.8 Å². The molecule has 2 atom stereocenters. The number of nitrogens with one attached hydrogen (secondary N) is 1. The molecule has 1 aromatic rings. The van der Waals surface area contributed by atoms with Gasteiger partial charge in [-0.1, -0.05) is 32.3 Å².